The number of benzene rings is 2. The maximum atomic E-state index is 13.3. The number of esters is 1. The molecule has 2 aromatic carbocycles. The summed E-state index contributed by atoms with van der Waals surface area (Å²) in [7, 11) is 0. The second-order valence-corrected chi connectivity index (χ2v) is 7.76. The Morgan fingerprint density at radius 2 is 2.04 bits per heavy atom. The molecule has 5 nitrogen and oxygen atoms in total. The van der Waals surface area contributed by atoms with Gasteiger partial charge in [0.2, 0.25) is 5.91 Å². The van der Waals surface area contributed by atoms with E-state index in [-0.39, 0.29) is 18.5 Å². The van der Waals surface area contributed by atoms with Crippen LogP contribution < -0.4 is 4.90 Å². The van der Waals surface area contributed by atoms with Crippen molar-refractivity contribution >= 4 is 17.6 Å². The van der Waals surface area contributed by atoms with Crippen LogP contribution in [-0.2, 0) is 25.7 Å². The topological polar surface area (TPSA) is 55.8 Å². The molecule has 2 fully saturated rings. The Bertz CT molecular complexity index is 970. The van der Waals surface area contributed by atoms with E-state index in [0.717, 1.165) is 16.8 Å². The lowest BCUT2D eigenvalue weighted by Gasteiger charge is -2.22. The Hall–Kier alpha value is -2.92. The van der Waals surface area contributed by atoms with Gasteiger partial charge in [-0.15, -0.1) is 0 Å². The fourth-order valence-corrected chi connectivity index (χ4v) is 4.61. The van der Waals surface area contributed by atoms with Gasteiger partial charge in [-0.3, -0.25) is 9.59 Å². The fourth-order valence-electron chi connectivity index (χ4n) is 4.61. The maximum absolute atomic E-state index is 13.3. The summed E-state index contributed by atoms with van der Waals surface area (Å²) in [5.74, 6) is -1.58. The lowest BCUT2D eigenvalue weighted by atomic mass is 9.77. The molecule has 3 aliphatic rings. The van der Waals surface area contributed by atoms with Crippen molar-refractivity contribution < 1.29 is 19.1 Å². The zero-order valence-corrected chi connectivity index (χ0v) is 15.6. The van der Waals surface area contributed by atoms with Crippen LogP contribution in [0.25, 0.3) is 0 Å². The lowest BCUT2D eigenvalue weighted by molar-refractivity contribution is -0.153. The van der Waals surface area contributed by atoms with E-state index >= 15 is 0 Å². The summed E-state index contributed by atoms with van der Waals surface area (Å²) in [6, 6.07) is 17.4. The number of anilines is 1. The van der Waals surface area contributed by atoms with Gasteiger partial charge in [0, 0.05) is 5.69 Å². The summed E-state index contributed by atoms with van der Waals surface area (Å²) in [6.07, 6.45) is 3.46. The number of rotatable bonds is 4. The number of aryl methyl sites for hydroxylation is 1. The lowest BCUT2D eigenvalue weighted by Crippen LogP contribution is -2.40. The first-order chi connectivity index (χ1) is 13.6. The highest BCUT2D eigenvalue weighted by Crippen LogP contribution is 2.53. The minimum absolute atomic E-state index is 0.0703. The summed E-state index contributed by atoms with van der Waals surface area (Å²) in [4.78, 5) is 27.9. The van der Waals surface area contributed by atoms with E-state index in [9.17, 15) is 9.59 Å². The first kappa shape index (κ1) is 17.2. The van der Waals surface area contributed by atoms with Crippen LogP contribution in [-0.4, -0.2) is 30.1 Å². The van der Waals surface area contributed by atoms with E-state index in [1.165, 1.54) is 0 Å². The molecule has 0 aromatic heterocycles. The molecule has 142 valence electrons. The number of hydrogen-bond donors (Lipinski definition) is 0. The zero-order valence-electron chi connectivity index (χ0n) is 15.6. The summed E-state index contributed by atoms with van der Waals surface area (Å²) in [5, 5.41) is 0. The van der Waals surface area contributed by atoms with E-state index in [4.69, 9.17) is 9.47 Å². The number of hydrogen-bond acceptors (Lipinski definition) is 4. The van der Waals surface area contributed by atoms with Crippen LogP contribution >= 0.6 is 0 Å². The highest BCUT2D eigenvalue weighted by molar-refractivity contribution is 6.02. The van der Waals surface area contributed by atoms with Gasteiger partial charge < -0.3 is 14.4 Å². The van der Waals surface area contributed by atoms with E-state index in [2.05, 4.69) is 0 Å². The minimum Gasteiger partial charge on any atom is -0.460 e. The number of carbonyl (C=O) groups is 2. The minimum atomic E-state index is -0.734. The van der Waals surface area contributed by atoms with Crippen LogP contribution in [0.15, 0.2) is 66.7 Å². The van der Waals surface area contributed by atoms with Gasteiger partial charge >= 0.3 is 5.97 Å². The highest BCUT2D eigenvalue weighted by Gasteiger charge is 2.67. The number of nitrogens with zero attached hydrogens (tertiary/aromatic N) is 1. The van der Waals surface area contributed by atoms with Crippen molar-refractivity contribution in [2.24, 2.45) is 11.8 Å². The quantitative estimate of drug-likeness (QED) is 0.609. The Labute approximate surface area is 163 Å². The zero-order chi connectivity index (χ0) is 19.3. The third kappa shape index (κ3) is 2.58. The molecule has 1 amide bonds. The van der Waals surface area contributed by atoms with Crippen molar-refractivity contribution in [3.8, 4) is 0 Å². The molecule has 0 aliphatic carbocycles. The molecule has 1 spiro atoms. The molecular weight excluding hydrogens is 354 g/mol. The average Bonchev–Trinajstić information content (AvgIpc) is 3.35. The summed E-state index contributed by atoms with van der Waals surface area (Å²) < 4.78 is 11.7. The first-order valence-corrected chi connectivity index (χ1v) is 9.53. The second kappa shape index (κ2) is 6.31. The van der Waals surface area contributed by atoms with Crippen molar-refractivity contribution in [3.05, 3.63) is 77.9 Å². The molecule has 0 unspecified atom stereocenters. The normalized spacial score (nSPS) is 30.0. The standard InChI is InChI=1S/C23H21NO4/c1-15-6-5-9-17(12-15)24-14-23-11-10-18(28-23)19(20(23)21(24)25)22(26)27-13-16-7-3-2-4-8-16/h2-12,18-20H,13-14H2,1H3/t18-,19-,20+,23-/m0/s1. The maximum Gasteiger partial charge on any atom is 0.313 e. The van der Waals surface area contributed by atoms with Gasteiger partial charge in [0.25, 0.3) is 0 Å². The third-order valence-corrected chi connectivity index (χ3v) is 5.91. The van der Waals surface area contributed by atoms with Crippen molar-refractivity contribution in [1.82, 2.24) is 0 Å². The van der Waals surface area contributed by atoms with Crippen LogP contribution in [0.5, 0.6) is 0 Å². The van der Waals surface area contributed by atoms with E-state index < -0.39 is 23.5 Å². The Morgan fingerprint density at radius 1 is 1.21 bits per heavy atom. The molecule has 0 radical (unpaired) electrons. The van der Waals surface area contributed by atoms with Crippen LogP contribution in [0.4, 0.5) is 5.69 Å². The molecule has 4 atom stereocenters. The van der Waals surface area contributed by atoms with Gasteiger partial charge in [0.15, 0.2) is 0 Å². The van der Waals surface area contributed by atoms with Gasteiger partial charge in [-0.25, -0.2) is 0 Å². The van der Waals surface area contributed by atoms with Crippen molar-refractivity contribution in [1.29, 1.82) is 0 Å². The first-order valence-electron chi connectivity index (χ1n) is 9.53. The van der Waals surface area contributed by atoms with Crippen molar-refractivity contribution in [2.45, 2.75) is 25.2 Å². The molecule has 28 heavy (non-hydrogen) atoms. The molecule has 3 heterocycles. The summed E-state index contributed by atoms with van der Waals surface area (Å²) >= 11 is 0. The van der Waals surface area contributed by atoms with Crippen molar-refractivity contribution in [2.75, 3.05) is 11.4 Å². The molecule has 0 N–H and O–H groups in total. The molecule has 0 saturated carbocycles. The van der Waals surface area contributed by atoms with Gasteiger partial charge in [0.05, 0.1) is 18.6 Å². The van der Waals surface area contributed by atoms with Crippen LogP contribution in [0.3, 0.4) is 0 Å². The van der Waals surface area contributed by atoms with Crippen LogP contribution in [0.1, 0.15) is 11.1 Å². The van der Waals surface area contributed by atoms with Crippen molar-refractivity contribution in [3.63, 3.8) is 0 Å². The van der Waals surface area contributed by atoms with E-state index in [1.54, 1.807) is 4.90 Å². The largest absolute Gasteiger partial charge is 0.460 e. The van der Waals surface area contributed by atoms with E-state index in [0.29, 0.717) is 6.54 Å². The number of amides is 1. The van der Waals surface area contributed by atoms with Gasteiger partial charge in [0.1, 0.15) is 18.1 Å². The smallest absolute Gasteiger partial charge is 0.313 e. The molecular formula is C23H21NO4. The van der Waals surface area contributed by atoms with Crippen LogP contribution in [0, 0.1) is 18.8 Å². The molecule has 2 aromatic rings. The monoisotopic (exact) mass is 375 g/mol. The number of carbonyl (C=O) groups excluding carboxylic acids is 2. The highest BCUT2D eigenvalue weighted by atomic mass is 16.6. The SMILES string of the molecule is Cc1cccc(N2C[C@]34C=C[C@H](O3)[C@H](C(=O)OCc3ccccc3)[C@@H]4C2=O)c1. The van der Waals surface area contributed by atoms with Crippen LogP contribution in [0.2, 0.25) is 0 Å². The predicted molar refractivity (Wildman–Crippen MR) is 103 cm³/mol. The number of fused-ring (bicyclic) bond motifs is 1. The second-order valence-electron chi connectivity index (χ2n) is 7.76. The predicted octanol–water partition coefficient (Wildman–Crippen LogP) is 3.02. The average molecular weight is 375 g/mol. The summed E-state index contributed by atoms with van der Waals surface area (Å²) in [5.41, 5.74) is 2.11. The molecule has 2 bridgehead atoms. The molecule has 5 rings (SSSR count). The summed E-state index contributed by atoms with van der Waals surface area (Å²) in [6.45, 7) is 2.62. The Morgan fingerprint density at radius 3 is 2.82 bits per heavy atom. The van der Waals surface area contributed by atoms with E-state index in [1.807, 2.05) is 73.7 Å². The molecule has 5 heteroatoms. The van der Waals surface area contributed by atoms with Gasteiger partial charge in [-0.1, -0.05) is 54.6 Å². The van der Waals surface area contributed by atoms with Gasteiger partial charge in [-0.2, -0.15) is 0 Å². The third-order valence-electron chi connectivity index (χ3n) is 5.91. The Kier molecular flexibility index (Phi) is 3.88. The molecule has 2 saturated heterocycles. The number of ether oxygens (including phenoxy) is 2. The molecule has 3 aliphatic heterocycles. The fraction of sp³-hybridized carbons (Fsp3) is 0.304. The Balaban J connectivity index is 1.39. The van der Waals surface area contributed by atoms with Gasteiger partial charge in [-0.05, 0) is 30.2 Å².